The summed E-state index contributed by atoms with van der Waals surface area (Å²) in [7, 11) is 0. The summed E-state index contributed by atoms with van der Waals surface area (Å²) in [6.07, 6.45) is 1.12. The number of furan rings is 1. The van der Waals surface area contributed by atoms with Gasteiger partial charge in [-0.3, -0.25) is 0 Å². The fraction of sp³-hybridized carbons (Fsp3) is 0.114. The lowest BCUT2D eigenvalue weighted by Gasteiger charge is -2.35. The van der Waals surface area contributed by atoms with Crippen LogP contribution in [0, 0.1) is 0 Å². The van der Waals surface area contributed by atoms with E-state index in [1.54, 1.807) is 0 Å². The van der Waals surface area contributed by atoms with E-state index in [-0.39, 0.29) is 10.8 Å². The van der Waals surface area contributed by atoms with Crippen LogP contribution in [-0.2, 0) is 16.2 Å². The summed E-state index contributed by atoms with van der Waals surface area (Å²) >= 11 is 0. The molecule has 0 fully saturated rings. The first-order valence-corrected chi connectivity index (χ1v) is 25.5. The third-order valence-electron chi connectivity index (χ3n) is 16.3. The number of nitrogens with zero attached hydrogens (tertiary/aromatic N) is 1. The van der Waals surface area contributed by atoms with Crippen molar-refractivity contribution >= 4 is 60.5 Å². The van der Waals surface area contributed by atoms with Gasteiger partial charge >= 0.3 is 0 Å². The van der Waals surface area contributed by atoms with Crippen LogP contribution in [0.5, 0.6) is 0 Å². The zero-order valence-corrected chi connectivity index (χ0v) is 41.1. The molecule has 11 aromatic carbocycles. The van der Waals surface area contributed by atoms with Gasteiger partial charge in [-0.25, -0.2) is 0 Å². The first kappa shape index (κ1) is 42.4. The largest absolute Gasteiger partial charge is 0.456 e. The number of anilines is 3. The predicted molar refractivity (Wildman–Crippen MR) is 302 cm³/mol. The van der Waals surface area contributed by atoms with Gasteiger partial charge in [0.2, 0.25) is 0 Å². The minimum Gasteiger partial charge on any atom is -0.456 e. The van der Waals surface area contributed by atoms with Crippen molar-refractivity contribution in [2.75, 3.05) is 4.90 Å². The fourth-order valence-electron chi connectivity index (χ4n) is 13.5. The van der Waals surface area contributed by atoms with Gasteiger partial charge < -0.3 is 9.32 Å². The molecule has 1 heterocycles. The second-order valence-electron chi connectivity index (χ2n) is 21.5. The Morgan fingerprint density at radius 3 is 1.58 bits per heavy atom. The van der Waals surface area contributed by atoms with Gasteiger partial charge in [-0.05, 0) is 143 Å². The van der Waals surface area contributed by atoms with Crippen LogP contribution in [-0.4, -0.2) is 0 Å². The molecule has 0 unspecified atom stereocenters. The van der Waals surface area contributed by atoms with Crippen LogP contribution in [0.15, 0.2) is 241 Å². The minimum atomic E-state index is -0.531. The van der Waals surface area contributed by atoms with E-state index < -0.39 is 5.41 Å². The minimum absolute atomic E-state index is 0.0513. The van der Waals surface area contributed by atoms with Gasteiger partial charge in [0.1, 0.15) is 11.2 Å². The van der Waals surface area contributed by atoms with Crippen molar-refractivity contribution in [2.24, 2.45) is 0 Å². The van der Waals surface area contributed by atoms with Crippen LogP contribution in [0.25, 0.3) is 76.9 Å². The molecule has 0 bridgehead atoms. The summed E-state index contributed by atoms with van der Waals surface area (Å²) < 4.78 is 6.41. The Hall–Kier alpha value is -8.46. The molecular weight excluding hydrogens is 871 g/mol. The number of hydrogen-bond donors (Lipinski definition) is 0. The number of para-hydroxylation sites is 1. The van der Waals surface area contributed by atoms with E-state index in [9.17, 15) is 0 Å². The standard InChI is InChI=1S/C70H53NO/c1-68(2)44-69(3,4)63-43-61-58(42-62(63)68)54-36-34-46(40-60(54)70(61,47-22-10-6-11-23-47)48-24-12-7-13-25-48)50-29-18-31-56-53(50)30-19-32-64(56)71(49-35-39-67-59(41-49)57-28-16-17-33-66(57)72-67)65-38-37-51(45-20-8-5-9-21-45)52-26-14-15-27-55(52)65/h5-43H,44H2,1-4H3. The molecule has 14 rings (SSSR count). The normalized spacial score (nSPS) is 14.9. The maximum atomic E-state index is 6.41. The van der Waals surface area contributed by atoms with Crippen LogP contribution in [0.4, 0.5) is 17.1 Å². The number of rotatable bonds is 7. The predicted octanol–water partition coefficient (Wildman–Crippen LogP) is 19.0. The van der Waals surface area contributed by atoms with Crippen molar-refractivity contribution < 1.29 is 4.42 Å². The maximum Gasteiger partial charge on any atom is 0.135 e. The van der Waals surface area contributed by atoms with Crippen molar-refractivity contribution in [1.29, 1.82) is 0 Å². The Morgan fingerprint density at radius 1 is 0.333 bits per heavy atom. The lowest BCUT2D eigenvalue weighted by atomic mass is 9.66. The number of hydrogen-bond acceptors (Lipinski definition) is 2. The molecule has 0 radical (unpaired) electrons. The molecule has 0 amide bonds. The van der Waals surface area contributed by atoms with Gasteiger partial charge in [0.05, 0.1) is 16.8 Å². The molecule has 1 aromatic heterocycles. The quantitative estimate of drug-likeness (QED) is 0.158. The van der Waals surface area contributed by atoms with Crippen LogP contribution in [0.1, 0.15) is 67.5 Å². The van der Waals surface area contributed by atoms with Gasteiger partial charge in [-0.2, -0.15) is 0 Å². The van der Waals surface area contributed by atoms with E-state index in [0.29, 0.717) is 0 Å². The Balaban J connectivity index is 1.01. The van der Waals surface area contributed by atoms with Crippen molar-refractivity contribution in [3.8, 4) is 33.4 Å². The zero-order valence-electron chi connectivity index (χ0n) is 41.1. The van der Waals surface area contributed by atoms with E-state index in [1.165, 1.54) is 88.3 Å². The first-order valence-electron chi connectivity index (χ1n) is 25.5. The molecule has 344 valence electrons. The van der Waals surface area contributed by atoms with Crippen LogP contribution >= 0.6 is 0 Å². The lowest BCUT2D eigenvalue weighted by molar-refractivity contribution is 0.403. The monoisotopic (exact) mass is 923 g/mol. The fourth-order valence-corrected chi connectivity index (χ4v) is 13.5. The summed E-state index contributed by atoms with van der Waals surface area (Å²) in [5.41, 5.74) is 20.3. The van der Waals surface area contributed by atoms with Gasteiger partial charge in [0, 0.05) is 27.2 Å². The molecule has 2 aliphatic carbocycles. The number of fused-ring (bicyclic) bond motifs is 9. The van der Waals surface area contributed by atoms with Crippen molar-refractivity contribution in [3.63, 3.8) is 0 Å². The summed E-state index contributed by atoms with van der Waals surface area (Å²) in [5.74, 6) is 0. The Morgan fingerprint density at radius 2 is 0.861 bits per heavy atom. The van der Waals surface area contributed by atoms with E-state index in [0.717, 1.165) is 45.4 Å². The molecule has 2 heteroatoms. The smallest absolute Gasteiger partial charge is 0.135 e. The number of benzene rings is 11. The highest BCUT2D eigenvalue weighted by Gasteiger charge is 2.50. The van der Waals surface area contributed by atoms with Gasteiger partial charge in [-0.1, -0.05) is 216 Å². The molecule has 0 aliphatic heterocycles. The molecular formula is C70H53NO. The topological polar surface area (TPSA) is 16.4 Å². The van der Waals surface area contributed by atoms with Crippen molar-refractivity contribution in [1.82, 2.24) is 0 Å². The third-order valence-corrected chi connectivity index (χ3v) is 16.3. The summed E-state index contributed by atoms with van der Waals surface area (Å²) in [6.45, 7) is 9.75. The Bertz CT molecular complexity index is 4080. The van der Waals surface area contributed by atoms with Gasteiger partial charge in [-0.15, -0.1) is 0 Å². The van der Waals surface area contributed by atoms with Gasteiger partial charge in [0.25, 0.3) is 0 Å². The third kappa shape index (κ3) is 6.21. The van der Waals surface area contributed by atoms with E-state index >= 15 is 0 Å². The summed E-state index contributed by atoms with van der Waals surface area (Å²) in [4.78, 5) is 2.47. The molecule has 0 spiro atoms. The summed E-state index contributed by atoms with van der Waals surface area (Å²) in [5, 5.41) is 6.96. The molecule has 2 nitrogen and oxygen atoms in total. The Kier molecular flexibility index (Phi) is 9.29. The molecule has 0 N–H and O–H groups in total. The SMILES string of the molecule is CC1(C)CC(C)(C)c2cc3c(cc21)-c1ccc(-c2cccc4c(N(c5ccc6oc7ccccc7c6c5)c5ccc(-c6ccccc6)c6ccccc56)cccc24)cc1C3(c1ccccc1)c1ccccc1. The maximum absolute atomic E-state index is 6.41. The van der Waals surface area contributed by atoms with Crippen molar-refractivity contribution in [3.05, 3.63) is 270 Å². The van der Waals surface area contributed by atoms with Crippen LogP contribution < -0.4 is 4.90 Å². The van der Waals surface area contributed by atoms with Crippen LogP contribution in [0.2, 0.25) is 0 Å². The molecule has 12 aromatic rings. The highest BCUT2D eigenvalue weighted by Crippen LogP contribution is 2.61. The molecule has 0 saturated carbocycles. The molecule has 2 aliphatic rings. The average molecular weight is 924 g/mol. The molecule has 72 heavy (non-hydrogen) atoms. The van der Waals surface area contributed by atoms with E-state index in [2.05, 4.69) is 263 Å². The Labute approximate surface area is 421 Å². The highest BCUT2D eigenvalue weighted by atomic mass is 16.3. The van der Waals surface area contributed by atoms with Gasteiger partial charge in [0.15, 0.2) is 0 Å². The highest BCUT2D eigenvalue weighted by molar-refractivity contribution is 6.13. The second kappa shape index (κ2) is 15.8. The molecule has 0 atom stereocenters. The summed E-state index contributed by atoms with van der Waals surface area (Å²) in [6, 6.07) is 88.0. The van der Waals surface area contributed by atoms with Crippen molar-refractivity contribution in [2.45, 2.75) is 50.4 Å². The zero-order chi connectivity index (χ0) is 48.3. The van der Waals surface area contributed by atoms with Crippen LogP contribution in [0.3, 0.4) is 0 Å². The molecule has 0 saturated heterocycles. The lowest BCUT2D eigenvalue weighted by Crippen LogP contribution is -2.29. The average Bonchev–Trinajstić information content (AvgIpc) is 4.00. The second-order valence-corrected chi connectivity index (χ2v) is 21.5. The van der Waals surface area contributed by atoms with E-state index in [4.69, 9.17) is 4.42 Å². The van der Waals surface area contributed by atoms with E-state index in [1.807, 2.05) is 6.07 Å². The first-order chi connectivity index (χ1) is 35.2.